The van der Waals surface area contributed by atoms with Crippen LogP contribution >= 0.6 is 23.4 Å². The van der Waals surface area contributed by atoms with E-state index in [1.807, 2.05) is 17.8 Å². The van der Waals surface area contributed by atoms with Gasteiger partial charge in [0.25, 0.3) is 5.91 Å². The Morgan fingerprint density at radius 1 is 1.45 bits per heavy atom. The number of carbonyl (C=O) groups is 1. The molecule has 8 nitrogen and oxygen atoms in total. The Balaban J connectivity index is 1.58. The van der Waals surface area contributed by atoms with Crippen LogP contribution in [-0.4, -0.2) is 55.4 Å². The molecular formula is C18H23ClN4O4S2. The molecule has 0 radical (unpaired) electrons. The standard InChI is InChI=1S/C18H23ClN4O4S2/c1-23-8-6-21-18(23)28-10-7-20-17(24)13-4-5-15(19)16(11-13)29(25,26)22-12-14-3-2-9-27-14/h4-6,8,11,14,22H,2-3,7,9-10,12H2,1H3,(H,20,24)/t14-/m1/s1. The number of ether oxygens (including phenoxy) is 1. The highest BCUT2D eigenvalue weighted by Gasteiger charge is 2.23. The fraction of sp³-hybridized carbons (Fsp3) is 0.444. The van der Waals surface area contributed by atoms with Crippen LogP contribution in [0, 0.1) is 0 Å². The molecule has 1 saturated heterocycles. The molecule has 1 amide bonds. The van der Waals surface area contributed by atoms with Gasteiger partial charge in [-0.25, -0.2) is 18.1 Å². The Hall–Kier alpha value is -1.59. The van der Waals surface area contributed by atoms with Crippen LogP contribution in [0.4, 0.5) is 0 Å². The summed E-state index contributed by atoms with van der Waals surface area (Å²) in [6, 6.07) is 4.21. The number of halogens is 1. The number of aryl methyl sites for hydroxylation is 1. The number of rotatable bonds is 9. The van der Waals surface area contributed by atoms with Gasteiger partial charge in [-0.3, -0.25) is 4.79 Å². The van der Waals surface area contributed by atoms with Crippen LogP contribution in [0.15, 0.2) is 40.6 Å². The molecule has 0 spiro atoms. The van der Waals surface area contributed by atoms with Crippen molar-refractivity contribution in [3.8, 4) is 0 Å². The van der Waals surface area contributed by atoms with Crippen molar-refractivity contribution in [3.63, 3.8) is 0 Å². The number of carbonyl (C=O) groups excluding carboxylic acids is 1. The summed E-state index contributed by atoms with van der Waals surface area (Å²) in [5.74, 6) is 0.274. The molecule has 1 aliphatic rings. The molecule has 0 unspecified atom stereocenters. The summed E-state index contributed by atoms with van der Waals surface area (Å²) in [7, 11) is -1.95. The number of thioether (sulfide) groups is 1. The molecule has 0 bridgehead atoms. The summed E-state index contributed by atoms with van der Waals surface area (Å²) >= 11 is 7.60. The smallest absolute Gasteiger partial charge is 0.251 e. The second-order valence-corrected chi connectivity index (χ2v) is 9.76. The second kappa shape index (κ2) is 9.94. The maximum absolute atomic E-state index is 12.6. The molecule has 158 valence electrons. The third kappa shape index (κ3) is 5.95. The predicted octanol–water partition coefficient (Wildman–Crippen LogP) is 2.05. The van der Waals surface area contributed by atoms with E-state index in [-0.39, 0.29) is 34.0 Å². The van der Waals surface area contributed by atoms with Gasteiger partial charge in [0.15, 0.2) is 5.16 Å². The molecular weight excluding hydrogens is 436 g/mol. The molecule has 0 saturated carbocycles. The van der Waals surface area contributed by atoms with E-state index in [9.17, 15) is 13.2 Å². The molecule has 1 aliphatic heterocycles. The summed E-state index contributed by atoms with van der Waals surface area (Å²) < 4.78 is 35.1. The zero-order valence-electron chi connectivity index (χ0n) is 15.9. The van der Waals surface area contributed by atoms with E-state index < -0.39 is 10.0 Å². The molecule has 29 heavy (non-hydrogen) atoms. The highest BCUT2D eigenvalue weighted by Crippen LogP contribution is 2.23. The molecule has 2 N–H and O–H groups in total. The SMILES string of the molecule is Cn1ccnc1SCCNC(=O)c1ccc(Cl)c(S(=O)(=O)NC[C@H]2CCCO2)c1. The van der Waals surface area contributed by atoms with Gasteiger partial charge in [-0.1, -0.05) is 23.4 Å². The van der Waals surface area contributed by atoms with Crippen molar-refractivity contribution in [3.05, 3.63) is 41.2 Å². The maximum Gasteiger partial charge on any atom is 0.251 e. The summed E-state index contributed by atoms with van der Waals surface area (Å²) in [4.78, 5) is 16.5. The first-order valence-electron chi connectivity index (χ1n) is 9.16. The maximum atomic E-state index is 12.6. The van der Waals surface area contributed by atoms with E-state index in [4.69, 9.17) is 16.3 Å². The number of nitrogens with zero attached hydrogens (tertiary/aromatic N) is 2. The van der Waals surface area contributed by atoms with Gasteiger partial charge in [0.05, 0.1) is 11.1 Å². The van der Waals surface area contributed by atoms with Gasteiger partial charge in [-0.15, -0.1) is 0 Å². The average molecular weight is 459 g/mol. The lowest BCUT2D eigenvalue weighted by Crippen LogP contribution is -2.32. The second-order valence-electron chi connectivity index (χ2n) is 6.56. The van der Waals surface area contributed by atoms with Gasteiger partial charge < -0.3 is 14.6 Å². The summed E-state index contributed by atoms with van der Waals surface area (Å²) in [6.45, 7) is 1.24. The van der Waals surface area contributed by atoms with Crippen molar-refractivity contribution in [2.75, 3.05) is 25.4 Å². The van der Waals surface area contributed by atoms with Crippen LogP contribution in [0.1, 0.15) is 23.2 Å². The van der Waals surface area contributed by atoms with E-state index in [0.717, 1.165) is 18.0 Å². The summed E-state index contributed by atoms with van der Waals surface area (Å²) in [6.07, 6.45) is 5.16. The molecule has 11 heteroatoms. The predicted molar refractivity (Wildman–Crippen MR) is 112 cm³/mol. The van der Waals surface area contributed by atoms with Crippen LogP contribution in [0.5, 0.6) is 0 Å². The first kappa shape index (κ1) is 22.1. The van der Waals surface area contributed by atoms with E-state index in [1.165, 1.54) is 30.0 Å². The number of imidazole rings is 1. The van der Waals surface area contributed by atoms with Crippen LogP contribution < -0.4 is 10.0 Å². The molecule has 1 atom stereocenters. The van der Waals surface area contributed by atoms with Crippen LogP contribution in [0.2, 0.25) is 5.02 Å². The highest BCUT2D eigenvalue weighted by atomic mass is 35.5. The Morgan fingerprint density at radius 3 is 2.97 bits per heavy atom. The summed E-state index contributed by atoms with van der Waals surface area (Å²) in [5, 5.41) is 3.70. The third-order valence-corrected chi connectivity index (χ3v) is 7.37. The van der Waals surface area contributed by atoms with Gasteiger partial charge >= 0.3 is 0 Å². The quantitative estimate of drug-likeness (QED) is 0.440. The topological polar surface area (TPSA) is 102 Å². The Labute approximate surface area is 179 Å². The van der Waals surface area contributed by atoms with Gasteiger partial charge in [0.2, 0.25) is 10.0 Å². The molecule has 2 aromatic rings. The normalized spacial score (nSPS) is 16.8. The first-order valence-corrected chi connectivity index (χ1v) is 12.0. The van der Waals surface area contributed by atoms with Crippen LogP contribution in [0.3, 0.4) is 0 Å². The molecule has 1 aromatic heterocycles. The lowest BCUT2D eigenvalue weighted by atomic mass is 10.2. The van der Waals surface area contributed by atoms with Crippen molar-refractivity contribution >= 4 is 39.3 Å². The van der Waals surface area contributed by atoms with Gasteiger partial charge in [-0.05, 0) is 31.0 Å². The van der Waals surface area contributed by atoms with Crippen molar-refractivity contribution in [2.45, 2.75) is 29.0 Å². The number of benzene rings is 1. The number of amides is 1. The largest absolute Gasteiger partial charge is 0.377 e. The number of hydrogen-bond acceptors (Lipinski definition) is 6. The van der Waals surface area contributed by atoms with E-state index >= 15 is 0 Å². The Morgan fingerprint density at radius 2 is 2.28 bits per heavy atom. The fourth-order valence-corrected chi connectivity index (χ4v) is 5.21. The minimum atomic E-state index is -3.85. The number of sulfonamides is 1. The van der Waals surface area contributed by atoms with Crippen molar-refractivity contribution in [1.82, 2.24) is 19.6 Å². The zero-order valence-corrected chi connectivity index (χ0v) is 18.3. The highest BCUT2D eigenvalue weighted by molar-refractivity contribution is 7.99. The monoisotopic (exact) mass is 458 g/mol. The van der Waals surface area contributed by atoms with Gasteiger partial charge in [0, 0.05) is 50.5 Å². The number of nitrogens with one attached hydrogen (secondary N) is 2. The number of aromatic nitrogens is 2. The van der Waals surface area contributed by atoms with Gasteiger partial charge in [0.1, 0.15) is 4.90 Å². The fourth-order valence-electron chi connectivity index (χ4n) is 2.84. The molecule has 1 fully saturated rings. The molecule has 2 heterocycles. The van der Waals surface area contributed by atoms with Crippen molar-refractivity contribution < 1.29 is 17.9 Å². The van der Waals surface area contributed by atoms with E-state index in [0.29, 0.717) is 18.9 Å². The first-order chi connectivity index (χ1) is 13.9. The molecule has 3 rings (SSSR count). The zero-order chi connectivity index (χ0) is 20.9. The third-order valence-electron chi connectivity index (χ3n) is 4.40. The van der Waals surface area contributed by atoms with Crippen LogP contribution in [0.25, 0.3) is 0 Å². The Bertz CT molecular complexity index is 959. The lowest BCUT2D eigenvalue weighted by molar-refractivity contribution is 0.0956. The molecule has 0 aliphatic carbocycles. The average Bonchev–Trinajstić information content (AvgIpc) is 3.35. The van der Waals surface area contributed by atoms with Crippen molar-refractivity contribution in [2.24, 2.45) is 7.05 Å². The minimum absolute atomic E-state index is 0.0618. The number of hydrogen-bond donors (Lipinski definition) is 2. The van der Waals surface area contributed by atoms with Crippen molar-refractivity contribution in [1.29, 1.82) is 0 Å². The minimum Gasteiger partial charge on any atom is -0.377 e. The summed E-state index contributed by atoms with van der Waals surface area (Å²) in [5.41, 5.74) is 0.230. The van der Waals surface area contributed by atoms with Crippen LogP contribution in [-0.2, 0) is 21.8 Å². The van der Waals surface area contributed by atoms with Gasteiger partial charge in [-0.2, -0.15) is 0 Å². The lowest BCUT2D eigenvalue weighted by Gasteiger charge is -2.13. The Kier molecular flexibility index (Phi) is 7.58. The van der Waals surface area contributed by atoms with E-state index in [1.54, 1.807) is 6.20 Å². The molecule has 1 aromatic carbocycles. The van der Waals surface area contributed by atoms with E-state index in [2.05, 4.69) is 15.0 Å².